The van der Waals surface area contributed by atoms with Crippen molar-refractivity contribution in [3.63, 3.8) is 0 Å². The molecule has 0 fully saturated rings. The molecule has 0 saturated heterocycles. The second-order valence-electron chi connectivity index (χ2n) is 4.49. The molecule has 94 valence electrons. The highest BCUT2D eigenvalue weighted by atomic mass is 79.9. The van der Waals surface area contributed by atoms with Gasteiger partial charge in [-0.05, 0) is 37.6 Å². The van der Waals surface area contributed by atoms with Crippen molar-refractivity contribution in [2.24, 2.45) is 0 Å². The van der Waals surface area contributed by atoms with E-state index in [0.29, 0.717) is 0 Å². The van der Waals surface area contributed by atoms with Crippen LogP contribution in [0.3, 0.4) is 0 Å². The molecule has 0 heterocycles. The second-order valence-corrected chi connectivity index (χ2v) is 6.26. The van der Waals surface area contributed by atoms with Crippen molar-refractivity contribution in [2.45, 2.75) is 20.0 Å². The van der Waals surface area contributed by atoms with E-state index in [9.17, 15) is 5.11 Å². The van der Waals surface area contributed by atoms with Gasteiger partial charge in [0.25, 0.3) is 0 Å². The van der Waals surface area contributed by atoms with Crippen LogP contribution in [-0.2, 0) is 0 Å². The average molecular weight is 370 g/mol. The first-order valence-electron chi connectivity index (χ1n) is 5.68. The van der Waals surface area contributed by atoms with Crippen LogP contribution in [0.15, 0.2) is 45.3 Å². The fourth-order valence-electron chi connectivity index (χ4n) is 2.07. The Balaban J connectivity index is 2.47. The van der Waals surface area contributed by atoms with Crippen molar-refractivity contribution in [3.8, 4) is 0 Å². The lowest BCUT2D eigenvalue weighted by Crippen LogP contribution is -2.01. The summed E-state index contributed by atoms with van der Waals surface area (Å²) in [5, 5.41) is 10.5. The van der Waals surface area contributed by atoms with Crippen molar-refractivity contribution in [2.75, 3.05) is 0 Å². The first-order chi connectivity index (χ1) is 8.47. The molecule has 3 heteroatoms. The van der Waals surface area contributed by atoms with Crippen LogP contribution in [-0.4, -0.2) is 5.11 Å². The molecular formula is C15H14Br2O. The normalized spacial score (nSPS) is 12.5. The summed E-state index contributed by atoms with van der Waals surface area (Å²) < 4.78 is 1.88. The molecule has 18 heavy (non-hydrogen) atoms. The molecule has 2 rings (SSSR count). The molecule has 0 radical (unpaired) electrons. The molecule has 0 amide bonds. The third-order valence-electron chi connectivity index (χ3n) is 2.81. The van der Waals surface area contributed by atoms with Crippen LogP contribution >= 0.6 is 31.9 Å². The zero-order chi connectivity index (χ0) is 13.3. The first kappa shape index (κ1) is 13.8. The molecule has 0 aliphatic rings. The smallest absolute Gasteiger partial charge is 0.105 e. The Bertz CT molecular complexity index is 558. The van der Waals surface area contributed by atoms with Crippen LogP contribution in [0.4, 0.5) is 0 Å². The van der Waals surface area contributed by atoms with Crippen LogP contribution in [0.25, 0.3) is 0 Å². The maximum Gasteiger partial charge on any atom is 0.105 e. The minimum atomic E-state index is -0.615. The van der Waals surface area contributed by atoms with E-state index >= 15 is 0 Å². The zero-order valence-corrected chi connectivity index (χ0v) is 13.4. The van der Waals surface area contributed by atoms with Gasteiger partial charge >= 0.3 is 0 Å². The van der Waals surface area contributed by atoms with Crippen molar-refractivity contribution < 1.29 is 5.11 Å². The van der Waals surface area contributed by atoms with Crippen LogP contribution in [0, 0.1) is 13.8 Å². The van der Waals surface area contributed by atoms with Gasteiger partial charge in [0.1, 0.15) is 6.10 Å². The van der Waals surface area contributed by atoms with E-state index in [-0.39, 0.29) is 0 Å². The number of aryl methyl sites for hydroxylation is 2. The number of hydrogen-bond donors (Lipinski definition) is 1. The van der Waals surface area contributed by atoms with Crippen molar-refractivity contribution in [1.29, 1.82) is 0 Å². The lowest BCUT2D eigenvalue weighted by atomic mass is 9.98. The third kappa shape index (κ3) is 3.02. The highest BCUT2D eigenvalue weighted by Crippen LogP contribution is 2.31. The molecule has 2 aromatic carbocycles. The molecule has 1 nitrogen and oxygen atoms in total. The molecule has 0 saturated carbocycles. The summed E-state index contributed by atoms with van der Waals surface area (Å²) in [7, 11) is 0. The summed E-state index contributed by atoms with van der Waals surface area (Å²) in [4.78, 5) is 0. The molecular weight excluding hydrogens is 356 g/mol. The van der Waals surface area contributed by atoms with Crippen LogP contribution in [0.1, 0.15) is 28.4 Å². The van der Waals surface area contributed by atoms with E-state index in [1.165, 1.54) is 0 Å². The molecule has 2 aromatic rings. The summed E-state index contributed by atoms with van der Waals surface area (Å²) in [6.07, 6.45) is -0.615. The van der Waals surface area contributed by atoms with E-state index in [1.807, 2.05) is 44.2 Å². The predicted molar refractivity (Wildman–Crippen MR) is 81.8 cm³/mol. The quantitative estimate of drug-likeness (QED) is 0.797. The van der Waals surface area contributed by atoms with Gasteiger partial charge in [-0.25, -0.2) is 0 Å². The molecule has 1 atom stereocenters. The summed E-state index contributed by atoms with van der Waals surface area (Å²) in [5.74, 6) is 0. The predicted octanol–water partition coefficient (Wildman–Crippen LogP) is 4.91. The Morgan fingerprint density at radius 2 is 1.56 bits per heavy atom. The zero-order valence-electron chi connectivity index (χ0n) is 10.2. The van der Waals surface area contributed by atoms with E-state index in [1.54, 1.807) is 0 Å². The summed E-state index contributed by atoms with van der Waals surface area (Å²) in [6, 6.07) is 12.0. The highest BCUT2D eigenvalue weighted by molar-refractivity contribution is 9.11. The van der Waals surface area contributed by atoms with Gasteiger partial charge in [0.05, 0.1) is 0 Å². The number of aliphatic hydroxyl groups is 1. The maximum atomic E-state index is 10.5. The molecule has 1 unspecified atom stereocenters. The van der Waals surface area contributed by atoms with Gasteiger partial charge in [0, 0.05) is 14.5 Å². The lowest BCUT2D eigenvalue weighted by molar-refractivity contribution is 0.219. The Hall–Kier alpha value is -0.640. The molecule has 0 spiro atoms. The standard InChI is InChI=1S/C15H14Br2O/c1-9-5-10(2)7-11(6-9)15(18)13-8-12(16)3-4-14(13)17/h3-8,15,18H,1-2H3. The summed E-state index contributed by atoms with van der Waals surface area (Å²) in [6.45, 7) is 4.08. The van der Waals surface area contributed by atoms with Gasteiger partial charge in [0.2, 0.25) is 0 Å². The van der Waals surface area contributed by atoms with E-state index in [4.69, 9.17) is 0 Å². The number of rotatable bonds is 2. The minimum absolute atomic E-state index is 0.615. The van der Waals surface area contributed by atoms with Gasteiger partial charge in [-0.3, -0.25) is 0 Å². The van der Waals surface area contributed by atoms with Gasteiger partial charge < -0.3 is 5.11 Å². The fraction of sp³-hybridized carbons (Fsp3) is 0.200. The van der Waals surface area contributed by atoms with Crippen molar-refractivity contribution in [3.05, 3.63) is 67.6 Å². The van der Waals surface area contributed by atoms with E-state index in [2.05, 4.69) is 37.9 Å². The van der Waals surface area contributed by atoms with Crippen LogP contribution < -0.4 is 0 Å². The Morgan fingerprint density at radius 3 is 2.17 bits per heavy atom. The Morgan fingerprint density at radius 1 is 0.944 bits per heavy atom. The van der Waals surface area contributed by atoms with Gasteiger partial charge in [-0.15, -0.1) is 0 Å². The summed E-state index contributed by atoms with van der Waals surface area (Å²) in [5.41, 5.74) is 4.12. The van der Waals surface area contributed by atoms with Gasteiger partial charge in [-0.2, -0.15) is 0 Å². The molecule has 1 N–H and O–H groups in total. The monoisotopic (exact) mass is 368 g/mol. The van der Waals surface area contributed by atoms with E-state index < -0.39 is 6.10 Å². The largest absolute Gasteiger partial charge is 0.384 e. The molecule has 0 aliphatic heterocycles. The minimum Gasteiger partial charge on any atom is -0.384 e. The van der Waals surface area contributed by atoms with Crippen LogP contribution in [0.2, 0.25) is 0 Å². The Labute approximate surface area is 124 Å². The first-order valence-corrected chi connectivity index (χ1v) is 7.27. The topological polar surface area (TPSA) is 20.2 Å². The summed E-state index contributed by atoms with van der Waals surface area (Å²) >= 11 is 6.92. The molecule has 0 aliphatic carbocycles. The fourth-order valence-corrected chi connectivity index (χ4v) is 2.91. The average Bonchev–Trinajstić information content (AvgIpc) is 2.30. The van der Waals surface area contributed by atoms with Crippen molar-refractivity contribution >= 4 is 31.9 Å². The maximum absolute atomic E-state index is 10.5. The SMILES string of the molecule is Cc1cc(C)cc(C(O)c2cc(Br)ccc2Br)c1. The number of benzene rings is 2. The number of aliphatic hydroxyl groups excluding tert-OH is 1. The van der Waals surface area contributed by atoms with Crippen LogP contribution in [0.5, 0.6) is 0 Å². The highest BCUT2D eigenvalue weighted by Gasteiger charge is 2.14. The van der Waals surface area contributed by atoms with Gasteiger partial charge in [-0.1, -0.05) is 61.2 Å². The second kappa shape index (κ2) is 5.55. The number of halogens is 2. The molecule has 0 aromatic heterocycles. The molecule has 0 bridgehead atoms. The van der Waals surface area contributed by atoms with E-state index in [0.717, 1.165) is 31.2 Å². The van der Waals surface area contributed by atoms with Gasteiger partial charge in [0.15, 0.2) is 0 Å². The third-order valence-corrected chi connectivity index (χ3v) is 4.03. The number of hydrogen-bond acceptors (Lipinski definition) is 1. The lowest BCUT2D eigenvalue weighted by Gasteiger charge is -2.15. The Kier molecular flexibility index (Phi) is 4.25. The van der Waals surface area contributed by atoms with Crippen molar-refractivity contribution in [1.82, 2.24) is 0 Å².